The Morgan fingerprint density at radius 3 is 1.17 bits per heavy atom. The van der Waals surface area contributed by atoms with E-state index in [1.807, 2.05) is 0 Å². The zero-order valence-electron chi connectivity index (χ0n) is 19.3. The highest BCUT2D eigenvalue weighted by atomic mass is 16.2. The van der Waals surface area contributed by atoms with E-state index in [-0.39, 0.29) is 23.6 Å². The van der Waals surface area contributed by atoms with Crippen LogP contribution in [0.1, 0.15) is 67.2 Å². The average molecular weight is 423 g/mol. The smallest absolute Gasteiger partial charge is 0.247 e. The molecule has 0 aromatic rings. The summed E-state index contributed by atoms with van der Waals surface area (Å²) in [7, 11) is 0. The number of amides is 4. The van der Waals surface area contributed by atoms with E-state index in [1.54, 1.807) is 51.3 Å². The summed E-state index contributed by atoms with van der Waals surface area (Å²) in [6.45, 7) is 13.0. The van der Waals surface area contributed by atoms with Crippen LogP contribution in [0.5, 0.6) is 0 Å². The molecule has 2 aliphatic heterocycles. The van der Waals surface area contributed by atoms with E-state index < -0.39 is 22.9 Å². The molecule has 2 rings (SSSR count). The molecular formula is C22H38N4O4. The van der Waals surface area contributed by atoms with Crippen molar-refractivity contribution < 1.29 is 19.2 Å². The van der Waals surface area contributed by atoms with Crippen molar-refractivity contribution in [3.8, 4) is 0 Å². The summed E-state index contributed by atoms with van der Waals surface area (Å²) in [5.41, 5.74) is -2.06. The van der Waals surface area contributed by atoms with Gasteiger partial charge in [-0.25, -0.2) is 0 Å². The Kier molecular flexibility index (Phi) is 7.53. The van der Waals surface area contributed by atoms with E-state index >= 15 is 0 Å². The number of rotatable bonds is 7. The van der Waals surface area contributed by atoms with E-state index in [0.29, 0.717) is 26.2 Å². The molecule has 170 valence electrons. The maximum Gasteiger partial charge on any atom is 0.247 e. The second kappa shape index (κ2) is 9.35. The molecule has 2 unspecified atom stereocenters. The summed E-state index contributed by atoms with van der Waals surface area (Å²) in [5, 5.41) is 5.63. The molecule has 8 nitrogen and oxygen atoms in total. The summed E-state index contributed by atoms with van der Waals surface area (Å²) in [6.07, 6.45) is 3.93. The highest BCUT2D eigenvalue weighted by Gasteiger charge is 2.39. The van der Waals surface area contributed by atoms with Crippen molar-refractivity contribution in [3.05, 3.63) is 0 Å². The molecule has 8 heteroatoms. The van der Waals surface area contributed by atoms with Crippen LogP contribution in [0.15, 0.2) is 0 Å². The lowest BCUT2D eigenvalue weighted by Gasteiger charge is -2.33. The maximum atomic E-state index is 12.8. The first kappa shape index (κ1) is 24.2. The van der Waals surface area contributed by atoms with Crippen molar-refractivity contribution in [2.75, 3.05) is 26.2 Å². The summed E-state index contributed by atoms with van der Waals surface area (Å²) in [6, 6.07) is 0. The molecule has 4 amide bonds. The third kappa shape index (κ3) is 5.52. The minimum Gasteiger partial charge on any atom is -0.342 e. The van der Waals surface area contributed by atoms with Crippen LogP contribution in [-0.4, -0.2) is 70.7 Å². The summed E-state index contributed by atoms with van der Waals surface area (Å²) < 4.78 is 0. The number of hydrogen-bond donors (Lipinski definition) is 2. The van der Waals surface area contributed by atoms with Gasteiger partial charge in [0.25, 0.3) is 0 Å². The normalized spacial score (nSPS) is 19.4. The van der Waals surface area contributed by atoms with Gasteiger partial charge in [-0.1, -0.05) is 13.8 Å². The zero-order valence-corrected chi connectivity index (χ0v) is 19.3. The fourth-order valence-electron chi connectivity index (χ4n) is 4.04. The van der Waals surface area contributed by atoms with Crippen LogP contribution < -0.4 is 10.6 Å². The molecule has 0 aliphatic carbocycles. The van der Waals surface area contributed by atoms with Gasteiger partial charge >= 0.3 is 0 Å². The van der Waals surface area contributed by atoms with Gasteiger partial charge in [-0.3, -0.25) is 19.2 Å². The van der Waals surface area contributed by atoms with Crippen molar-refractivity contribution in [2.45, 2.75) is 78.3 Å². The highest BCUT2D eigenvalue weighted by Crippen LogP contribution is 2.20. The van der Waals surface area contributed by atoms with Gasteiger partial charge in [0.05, 0.1) is 0 Å². The number of carbonyl (C=O) groups excluding carboxylic acids is 4. The van der Waals surface area contributed by atoms with Crippen molar-refractivity contribution >= 4 is 23.6 Å². The topological polar surface area (TPSA) is 98.8 Å². The van der Waals surface area contributed by atoms with Crippen molar-refractivity contribution in [1.29, 1.82) is 0 Å². The van der Waals surface area contributed by atoms with Crippen LogP contribution in [0, 0.1) is 11.8 Å². The molecule has 0 radical (unpaired) electrons. The standard InChI is InChI=1S/C22H38N4O4/c1-15(17(27)23-21(3,4)19(29)25-11-7-8-12-25)16(2)18(28)24-22(5,6)20(30)26-13-9-10-14-26/h15-16H,7-14H2,1-6H3,(H,23,27)(H,24,28). The van der Waals surface area contributed by atoms with E-state index in [0.717, 1.165) is 25.7 Å². The van der Waals surface area contributed by atoms with Crippen molar-refractivity contribution in [1.82, 2.24) is 20.4 Å². The molecule has 0 aromatic carbocycles. The van der Waals surface area contributed by atoms with Crippen molar-refractivity contribution in [3.63, 3.8) is 0 Å². The first-order valence-electron chi connectivity index (χ1n) is 11.1. The highest BCUT2D eigenvalue weighted by molar-refractivity contribution is 5.95. The SMILES string of the molecule is CC(C(=O)NC(C)(C)C(=O)N1CCCC1)C(C)C(=O)NC(C)(C)C(=O)N1CCCC1. The van der Waals surface area contributed by atoms with Gasteiger partial charge in [0.15, 0.2) is 0 Å². The minimum atomic E-state index is -1.03. The van der Waals surface area contributed by atoms with Crippen LogP contribution >= 0.6 is 0 Å². The Labute approximate surface area is 180 Å². The van der Waals surface area contributed by atoms with Crippen LogP contribution in [0.3, 0.4) is 0 Å². The lowest BCUT2D eigenvalue weighted by atomic mass is 9.91. The largest absolute Gasteiger partial charge is 0.342 e. The fourth-order valence-corrected chi connectivity index (χ4v) is 4.04. The number of hydrogen-bond acceptors (Lipinski definition) is 4. The molecule has 2 aliphatic rings. The Bertz CT molecular complexity index is 619. The Morgan fingerprint density at radius 2 is 0.900 bits per heavy atom. The van der Waals surface area contributed by atoms with Gasteiger partial charge in [-0.15, -0.1) is 0 Å². The maximum absolute atomic E-state index is 12.8. The Hall–Kier alpha value is -2.12. The monoisotopic (exact) mass is 422 g/mol. The molecule has 0 aromatic heterocycles. The number of likely N-dealkylation sites (tertiary alicyclic amines) is 2. The second-order valence-corrected chi connectivity index (χ2v) is 9.80. The summed E-state index contributed by atoms with van der Waals surface area (Å²) >= 11 is 0. The van der Waals surface area contributed by atoms with Gasteiger partial charge in [0.1, 0.15) is 11.1 Å². The molecule has 0 spiro atoms. The summed E-state index contributed by atoms with van der Waals surface area (Å²) in [4.78, 5) is 54.5. The molecule has 30 heavy (non-hydrogen) atoms. The third-order valence-corrected chi connectivity index (χ3v) is 6.30. The zero-order chi connectivity index (χ0) is 22.7. The van der Waals surface area contributed by atoms with E-state index in [2.05, 4.69) is 10.6 Å². The number of nitrogens with zero attached hydrogens (tertiary/aromatic N) is 2. The predicted molar refractivity (Wildman–Crippen MR) is 114 cm³/mol. The number of carbonyl (C=O) groups is 4. The van der Waals surface area contributed by atoms with Crippen molar-refractivity contribution in [2.24, 2.45) is 11.8 Å². The van der Waals surface area contributed by atoms with Gasteiger partial charge in [0, 0.05) is 38.0 Å². The molecule has 2 saturated heterocycles. The molecule has 2 heterocycles. The van der Waals surface area contributed by atoms with Crippen LogP contribution in [0.4, 0.5) is 0 Å². The van der Waals surface area contributed by atoms with Gasteiger partial charge < -0.3 is 20.4 Å². The number of nitrogens with one attached hydrogen (secondary N) is 2. The molecule has 2 atom stereocenters. The van der Waals surface area contributed by atoms with Gasteiger partial charge in [-0.2, -0.15) is 0 Å². The van der Waals surface area contributed by atoms with Crippen LogP contribution in [-0.2, 0) is 19.2 Å². The fraction of sp³-hybridized carbons (Fsp3) is 0.818. The van der Waals surface area contributed by atoms with Crippen LogP contribution in [0.2, 0.25) is 0 Å². The lowest BCUT2D eigenvalue weighted by molar-refractivity contribution is -0.143. The first-order valence-corrected chi connectivity index (χ1v) is 11.1. The summed E-state index contributed by atoms with van der Waals surface area (Å²) in [5.74, 6) is -2.19. The first-order chi connectivity index (χ1) is 13.9. The van der Waals surface area contributed by atoms with E-state index in [9.17, 15) is 19.2 Å². The second-order valence-electron chi connectivity index (χ2n) is 9.80. The quantitative estimate of drug-likeness (QED) is 0.646. The third-order valence-electron chi connectivity index (χ3n) is 6.30. The van der Waals surface area contributed by atoms with Gasteiger partial charge in [-0.05, 0) is 53.4 Å². The molecule has 2 fully saturated rings. The molecular weight excluding hydrogens is 384 g/mol. The van der Waals surface area contributed by atoms with Gasteiger partial charge in [0.2, 0.25) is 23.6 Å². The Balaban J connectivity index is 1.94. The average Bonchev–Trinajstić information content (AvgIpc) is 3.38. The molecule has 0 saturated carbocycles. The molecule has 0 bridgehead atoms. The predicted octanol–water partition coefficient (Wildman–Crippen LogP) is 1.29. The van der Waals surface area contributed by atoms with E-state index in [1.165, 1.54) is 0 Å². The molecule has 2 N–H and O–H groups in total. The van der Waals surface area contributed by atoms with E-state index in [4.69, 9.17) is 0 Å². The Morgan fingerprint density at radius 1 is 0.633 bits per heavy atom. The minimum absolute atomic E-state index is 0.102. The van der Waals surface area contributed by atoms with Crippen LogP contribution in [0.25, 0.3) is 0 Å². The lowest BCUT2D eigenvalue weighted by Crippen LogP contribution is -2.59.